The van der Waals surface area contributed by atoms with Crippen LogP contribution in [0.25, 0.3) is 10.9 Å². The highest BCUT2D eigenvalue weighted by Gasteiger charge is 2.32. The molecule has 1 aliphatic rings. The van der Waals surface area contributed by atoms with E-state index in [4.69, 9.17) is 11.6 Å². The second-order valence-electron chi connectivity index (χ2n) is 6.16. The van der Waals surface area contributed by atoms with Crippen molar-refractivity contribution in [3.63, 3.8) is 0 Å². The van der Waals surface area contributed by atoms with Gasteiger partial charge >= 0.3 is 0 Å². The van der Waals surface area contributed by atoms with E-state index in [2.05, 4.69) is 27.8 Å². The highest BCUT2D eigenvalue weighted by Crippen LogP contribution is 2.31. The van der Waals surface area contributed by atoms with Crippen LogP contribution in [0.4, 0.5) is 0 Å². The predicted molar refractivity (Wildman–Crippen MR) is 104 cm³/mol. The van der Waals surface area contributed by atoms with Crippen LogP contribution in [-0.4, -0.2) is 24.0 Å². The molecule has 1 amide bonds. The molecule has 1 aliphatic carbocycles. The van der Waals surface area contributed by atoms with Crippen LogP contribution in [0, 0.1) is 0 Å². The molecule has 6 heteroatoms. The number of hydrogen-bond donors (Lipinski definition) is 3. The molecule has 3 N–H and O–H groups in total. The summed E-state index contributed by atoms with van der Waals surface area (Å²) in [5.41, 5.74) is 4.00. The zero-order valence-electron chi connectivity index (χ0n) is 13.7. The van der Waals surface area contributed by atoms with Gasteiger partial charge in [-0.25, -0.2) is 0 Å². The van der Waals surface area contributed by atoms with E-state index in [1.807, 2.05) is 43.4 Å². The van der Waals surface area contributed by atoms with Crippen molar-refractivity contribution in [1.29, 1.82) is 0 Å². The number of H-pyrrole nitrogens is 1. The molecule has 0 bridgehead atoms. The van der Waals surface area contributed by atoms with Crippen LogP contribution in [-0.2, 0) is 6.42 Å². The van der Waals surface area contributed by atoms with Gasteiger partial charge in [0.1, 0.15) is 5.69 Å². The van der Waals surface area contributed by atoms with Gasteiger partial charge < -0.3 is 15.6 Å². The number of aromatic nitrogens is 1. The van der Waals surface area contributed by atoms with Crippen LogP contribution in [0.15, 0.2) is 48.5 Å². The zero-order chi connectivity index (χ0) is 16.7. The number of aromatic amines is 1. The Labute approximate surface area is 157 Å². The molecule has 0 fully saturated rings. The fraction of sp³-hybridized carbons (Fsp3) is 0.211. The van der Waals surface area contributed by atoms with Crippen LogP contribution in [0.3, 0.4) is 0 Å². The molecular weight excluding hydrogens is 357 g/mol. The minimum Gasteiger partial charge on any atom is -0.351 e. The molecule has 4 rings (SSSR count). The number of hydrogen-bond acceptors (Lipinski definition) is 2. The van der Waals surface area contributed by atoms with Crippen molar-refractivity contribution in [3.8, 4) is 0 Å². The maximum atomic E-state index is 12.7. The summed E-state index contributed by atoms with van der Waals surface area (Å²) in [7, 11) is 1.93. The lowest BCUT2D eigenvalue weighted by molar-refractivity contribution is 0.0926. The summed E-state index contributed by atoms with van der Waals surface area (Å²) < 4.78 is 0. The van der Waals surface area contributed by atoms with Gasteiger partial charge in [-0.2, -0.15) is 0 Å². The summed E-state index contributed by atoms with van der Waals surface area (Å²) in [5, 5.41) is 8.07. The third kappa shape index (κ3) is 3.25. The number of likely N-dealkylation sites (N-methyl/N-ethyl adjacent to an activating group) is 1. The van der Waals surface area contributed by atoms with E-state index in [9.17, 15) is 4.79 Å². The fourth-order valence-corrected chi connectivity index (χ4v) is 3.74. The minimum absolute atomic E-state index is 0. The Morgan fingerprint density at radius 3 is 2.80 bits per heavy atom. The van der Waals surface area contributed by atoms with Crippen molar-refractivity contribution in [3.05, 3.63) is 70.4 Å². The van der Waals surface area contributed by atoms with Crippen LogP contribution in [0.2, 0.25) is 5.02 Å². The van der Waals surface area contributed by atoms with Crippen LogP contribution >= 0.6 is 24.0 Å². The lowest BCUT2D eigenvalue weighted by Gasteiger charge is -2.21. The summed E-state index contributed by atoms with van der Waals surface area (Å²) in [4.78, 5) is 15.8. The van der Waals surface area contributed by atoms with Crippen molar-refractivity contribution >= 4 is 40.8 Å². The van der Waals surface area contributed by atoms with Gasteiger partial charge in [0.05, 0.1) is 12.1 Å². The lowest BCUT2D eigenvalue weighted by Crippen LogP contribution is -2.41. The summed E-state index contributed by atoms with van der Waals surface area (Å²) in [6.07, 6.45) is 0.833. The molecule has 1 heterocycles. The molecule has 0 spiro atoms. The van der Waals surface area contributed by atoms with Gasteiger partial charge in [0, 0.05) is 15.9 Å². The summed E-state index contributed by atoms with van der Waals surface area (Å²) in [6, 6.07) is 15.9. The number of halogens is 2. The first-order valence-corrected chi connectivity index (χ1v) is 8.37. The molecule has 25 heavy (non-hydrogen) atoms. The van der Waals surface area contributed by atoms with Crippen LogP contribution < -0.4 is 10.6 Å². The number of rotatable bonds is 3. The Morgan fingerprint density at radius 1 is 1.20 bits per heavy atom. The fourth-order valence-electron chi connectivity index (χ4n) is 3.56. The molecule has 0 saturated heterocycles. The number of amides is 1. The smallest absolute Gasteiger partial charge is 0.268 e. The maximum absolute atomic E-state index is 12.7. The summed E-state index contributed by atoms with van der Waals surface area (Å²) in [6.45, 7) is 0. The van der Waals surface area contributed by atoms with Crippen molar-refractivity contribution in [2.24, 2.45) is 0 Å². The van der Waals surface area contributed by atoms with E-state index in [1.54, 1.807) is 0 Å². The monoisotopic (exact) mass is 375 g/mol. The van der Waals surface area contributed by atoms with Gasteiger partial charge in [0.15, 0.2) is 0 Å². The average Bonchev–Trinajstić information content (AvgIpc) is 3.14. The molecule has 4 nitrogen and oxygen atoms in total. The number of carbonyl (C=O) groups is 1. The summed E-state index contributed by atoms with van der Waals surface area (Å²) >= 11 is 6.01. The number of fused-ring (bicyclic) bond motifs is 2. The first-order valence-electron chi connectivity index (χ1n) is 8.00. The second-order valence-corrected chi connectivity index (χ2v) is 6.60. The Hall–Kier alpha value is -2.01. The molecular formula is C19H19Cl2N3O. The third-order valence-corrected chi connectivity index (χ3v) is 4.92. The molecule has 0 unspecified atom stereocenters. The van der Waals surface area contributed by atoms with Crippen LogP contribution in [0.5, 0.6) is 0 Å². The quantitative estimate of drug-likeness (QED) is 0.650. The average molecular weight is 376 g/mol. The molecule has 3 aromatic rings. The Kier molecular flexibility index (Phi) is 5.04. The highest BCUT2D eigenvalue weighted by atomic mass is 35.5. The minimum atomic E-state index is -0.0969. The molecule has 2 aromatic carbocycles. The van der Waals surface area contributed by atoms with Gasteiger partial charge in [-0.1, -0.05) is 35.9 Å². The van der Waals surface area contributed by atoms with E-state index in [0.717, 1.165) is 17.3 Å². The Bertz CT molecular complexity index is 922. The van der Waals surface area contributed by atoms with Gasteiger partial charge in [-0.3, -0.25) is 4.79 Å². The van der Waals surface area contributed by atoms with E-state index in [1.165, 1.54) is 11.1 Å². The number of nitrogens with one attached hydrogen (secondary N) is 3. The normalized spacial score (nSPS) is 18.6. The van der Waals surface area contributed by atoms with Gasteiger partial charge in [-0.05, 0) is 48.9 Å². The number of carbonyl (C=O) groups excluding carboxylic acids is 1. The molecule has 0 aliphatic heterocycles. The van der Waals surface area contributed by atoms with Crippen molar-refractivity contribution in [2.45, 2.75) is 18.5 Å². The molecule has 2 atom stereocenters. The van der Waals surface area contributed by atoms with Crippen molar-refractivity contribution < 1.29 is 4.79 Å². The van der Waals surface area contributed by atoms with E-state index in [0.29, 0.717) is 10.7 Å². The van der Waals surface area contributed by atoms with Crippen molar-refractivity contribution in [1.82, 2.24) is 15.6 Å². The topological polar surface area (TPSA) is 56.9 Å². The molecule has 1 aromatic heterocycles. The SMILES string of the molecule is CN[C@H]1c2ccccc2C[C@H]1NC(=O)c1cc2cc(Cl)ccc2[nH]1.Cl. The number of benzene rings is 2. The predicted octanol–water partition coefficient (Wildman–Crippen LogP) is 3.86. The highest BCUT2D eigenvalue weighted by molar-refractivity contribution is 6.31. The van der Waals surface area contributed by atoms with Gasteiger partial charge in [-0.15, -0.1) is 12.4 Å². The summed E-state index contributed by atoms with van der Waals surface area (Å²) in [5.74, 6) is -0.0969. The van der Waals surface area contributed by atoms with Crippen molar-refractivity contribution in [2.75, 3.05) is 7.05 Å². The third-order valence-electron chi connectivity index (χ3n) is 4.69. The molecule has 0 radical (unpaired) electrons. The lowest BCUT2D eigenvalue weighted by atomic mass is 10.1. The Balaban J connectivity index is 0.00000182. The first kappa shape index (κ1) is 17.8. The maximum Gasteiger partial charge on any atom is 0.268 e. The largest absolute Gasteiger partial charge is 0.351 e. The van der Waals surface area contributed by atoms with E-state index >= 15 is 0 Å². The molecule has 0 saturated carbocycles. The second kappa shape index (κ2) is 7.08. The van der Waals surface area contributed by atoms with Gasteiger partial charge in [0.25, 0.3) is 5.91 Å². The standard InChI is InChI=1S/C19H18ClN3O.ClH/c1-21-18-14-5-3-2-4-11(14)9-16(18)23-19(24)17-10-12-8-13(20)6-7-15(12)22-17;/h2-8,10,16,18,21-22H,9H2,1H3,(H,23,24);1H/t16-,18+;/m1./s1. The molecule has 130 valence electrons. The Morgan fingerprint density at radius 2 is 2.00 bits per heavy atom. The van der Waals surface area contributed by atoms with E-state index in [-0.39, 0.29) is 30.4 Å². The first-order chi connectivity index (χ1) is 11.7. The zero-order valence-corrected chi connectivity index (χ0v) is 15.2. The van der Waals surface area contributed by atoms with Gasteiger partial charge in [0.2, 0.25) is 0 Å². The van der Waals surface area contributed by atoms with Crippen LogP contribution in [0.1, 0.15) is 27.7 Å². The van der Waals surface area contributed by atoms with E-state index < -0.39 is 0 Å².